The summed E-state index contributed by atoms with van der Waals surface area (Å²) in [4.78, 5) is 0. The van der Waals surface area contributed by atoms with Crippen LogP contribution in [-0.4, -0.2) is 6.04 Å². The van der Waals surface area contributed by atoms with Gasteiger partial charge < -0.3 is 9.73 Å². The van der Waals surface area contributed by atoms with Crippen molar-refractivity contribution in [3.63, 3.8) is 0 Å². The van der Waals surface area contributed by atoms with Crippen molar-refractivity contribution in [2.24, 2.45) is 0 Å². The van der Waals surface area contributed by atoms with Crippen molar-refractivity contribution in [1.29, 1.82) is 5.26 Å². The molecule has 1 aromatic rings. The fourth-order valence-corrected chi connectivity index (χ4v) is 1.14. The van der Waals surface area contributed by atoms with Crippen LogP contribution in [0.5, 0.6) is 0 Å². The van der Waals surface area contributed by atoms with Crippen molar-refractivity contribution in [1.82, 2.24) is 5.32 Å². The van der Waals surface area contributed by atoms with Crippen LogP contribution in [0.2, 0.25) is 0 Å². The van der Waals surface area contributed by atoms with Gasteiger partial charge in [0.25, 0.3) is 0 Å². The standard InChI is InChI=1S/C11H14N2O/c1-3-4-9(2)13-8-11-6-5-10(7-12)14-11/h3,5-6,9,13H,1,4,8H2,2H3. The lowest BCUT2D eigenvalue weighted by molar-refractivity contribution is 0.449. The van der Waals surface area contributed by atoms with Crippen LogP contribution in [0.3, 0.4) is 0 Å². The average Bonchev–Trinajstić information content (AvgIpc) is 2.63. The first kappa shape index (κ1) is 10.6. The van der Waals surface area contributed by atoms with E-state index < -0.39 is 0 Å². The highest BCUT2D eigenvalue weighted by Gasteiger charge is 2.02. The second-order valence-electron chi connectivity index (χ2n) is 3.18. The normalized spacial score (nSPS) is 12.0. The summed E-state index contributed by atoms with van der Waals surface area (Å²) in [7, 11) is 0. The predicted octanol–water partition coefficient (Wildman–Crippen LogP) is 2.21. The Morgan fingerprint density at radius 2 is 2.50 bits per heavy atom. The first-order valence-corrected chi connectivity index (χ1v) is 4.59. The van der Waals surface area contributed by atoms with Gasteiger partial charge in [0.2, 0.25) is 5.76 Å². The van der Waals surface area contributed by atoms with Gasteiger partial charge in [-0.1, -0.05) is 6.08 Å². The molecule has 0 radical (unpaired) electrons. The SMILES string of the molecule is C=CCC(C)NCc1ccc(C#N)o1. The Morgan fingerprint density at radius 3 is 3.07 bits per heavy atom. The van der Waals surface area contributed by atoms with Gasteiger partial charge in [-0.2, -0.15) is 5.26 Å². The minimum absolute atomic E-state index is 0.359. The minimum Gasteiger partial charge on any atom is -0.449 e. The largest absolute Gasteiger partial charge is 0.449 e. The minimum atomic E-state index is 0.359. The molecule has 0 aliphatic heterocycles. The highest BCUT2D eigenvalue weighted by atomic mass is 16.3. The lowest BCUT2D eigenvalue weighted by Crippen LogP contribution is -2.24. The van der Waals surface area contributed by atoms with Crippen LogP contribution in [0.25, 0.3) is 0 Å². The summed E-state index contributed by atoms with van der Waals surface area (Å²) < 4.78 is 5.21. The van der Waals surface area contributed by atoms with E-state index in [1.54, 1.807) is 6.07 Å². The van der Waals surface area contributed by atoms with E-state index in [2.05, 4.69) is 18.8 Å². The van der Waals surface area contributed by atoms with E-state index in [0.717, 1.165) is 12.2 Å². The molecule has 3 nitrogen and oxygen atoms in total. The summed E-state index contributed by atoms with van der Waals surface area (Å²) >= 11 is 0. The molecule has 0 aromatic carbocycles. The Balaban J connectivity index is 2.38. The first-order valence-electron chi connectivity index (χ1n) is 4.59. The second kappa shape index (κ2) is 5.25. The molecule has 1 unspecified atom stereocenters. The smallest absolute Gasteiger partial charge is 0.203 e. The molecule has 0 bridgehead atoms. The zero-order valence-electron chi connectivity index (χ0n) is 8.29. The van der Waals surface area contributed by atoms with Crippen molar-refractivity contribution in [2.75, 3.05) is 0 Å². The van der Waals surface area contributed by atoms with E-state index in [4.69, 9.17) is 9.68 Å². The quantitative estimate of drug-likeness (QED) is 0.724. The molecule has 0 fully saturated rings. The Bertz CT molecular complexity index is 335. The van der Waals surface area contributed by atoms with Crippen LogP contribution >= 0.6 is 0 Å². The Kier molecular flexibility index (Phi) is 3.96. The highest BCUT2D eigenvalue weighted by molar-refractivity contribution is 5.18. The van der Waals surface area contributed by atoms with E-state index in [0.29, 0.717) is 18.3 Å². The molecular formula is C11H14N2O. The first-order chi connectivity index (χ1) is 6.76. The molecule has 3 heteroatoms. The number of hydrogen-bond donors (Lipinski definition) is 1. The van der Waals surface area contributed by atoms with Crippen LogP contribution in [0.15, 0.2) is 29.2 Å². The maximum atomic E-state index is 8.54. The molecular weight excluding hydrogens is 176 g/mol. The monoisotopic (exact) mass is 190 g/mol. The molecule has 0 spiro atoms. The Morgan fingerprint density at radius 1 is 1.71 bits per heavy atom. The van der Waals surface area contributed by atoms with Gasteiger partial charge in [0.1, 0.15) is 11.8 Å². The van der Waals surface area contributed by atoms with Crippen molar-refractivity contribution >= 4 is 0 Å². The van der Waals surface area contributed by atoms with Crippen LogP contribution in [0, 0.1) is 11.3 Å². The molecule has 0 amide bonds. The van der Waals surface area contributed by atoms with E-state index in [1.807, 2.05) is 18.2 Å². The summed E-state index contributed by atoms with van der Waals surface area (Å²) in [6.07, 6.45) is 2.80. The summed E-state index contributed by atoms with van der Waals surface area (Å²) in [6.45, 7) is 6.40. The van der Waals surface area contributed by atoms with Gasteiger partial charge in [-0.15, -0.1) is 6.58 Å². The third kappa shape index (κ3) is 3.08. The average molecular weight is 190 g/mol. The lowest BCUT2D eigenvalue weighted by Gasteiger charge is -2.09. The maximum Gasteiger partial charge on any atom is 0.203 e. The van der Waals surface area contributed by atoms with Gasteiger partial charge in [-0.3, -0.25) is 0 Å². The summed E-state index contributed by atoms with van der Waals surface area (Å²) in [5.74, 6) is 1.15. The number of nitriles is 1. The molecule has 14 heavy (non-hydrogen) atoms. The fourth-order valence-electron chi connectivity index (χ4n) is 1.14. The van der Waals surface area contributed by atoms with Gasteiger partial charge in [-0.25, -0.2) is 0 Å². The molecule has 0 saturated heterocycles. The van der Waals surface area contributed by atoms with Crippen molar-refractivity contribution in [3.8, 4) is 6.07 Å². The van der Waals surface area contributed by atoms with Crippen LogP contribution in [-0.2, 0) is 6.54 Å². The Hall–Kier alpha value is -1.53. The lowest BCUT2D eigenvalue weighted by atomic mass is 10.2. The molecule has 0 saturated carbocycles. The fraction of sp³-hybridized carbons (Fsp3) is 0.364. The maximum absolute atomic E-state index is 8.54. The third-order valence-corrected chi connectivity index (χ3v) is 1.92. The number of nitrogens with one attached hydrogen (secondary N) is 1. The van der Waals surface area contributed by atoms with E-state index in [1.165, 1.54) is 0 Å². The zero-order chi connectivity index (χ0) is 10.4. The van der Waals surface area contributed by atoms with Crippen LogP contribution < -0.4 is 5.32 Å². The van der Waals surface area contributed by atoms with Gasteiger partial charge >= 0.3 is 0 Å². The second-order valence-corrected chi connectivity index (χ2v) is 3.18. The molecule has 1 aromatic heterocycles. The summed E-state index contributed by atoms with van der Waals surface area (Å²) in [5, 5.41) is 11.8. The van der Waals surface area contributed by atoms with Gasteiger partial charge in [0, 0.05) is 6.04 Å². The topological polar surface area (TPSA) is 49.0 Å². The molecule has 1 N–H and O–H groups in total. The Labute approximate surface area is 84.0 Å². The van der Waals surface area contributed by atoms with Crippen molar-refractivity contribution in [3.05, 3.63) is 36.3 Å². The molecule has 0 aliphatic carbocycles. The summed E-state index contributed by atoms with van der Waals surface area (Å²) in [6, 6.07) is 5.81. The molecule has 74 valence electrons. The number of furan rings is 1. The third-order valence-electron chi connectivity index (χ3n) is 1.92. The van der Waals surface area contributed by atoms with Gasteiger partial charge in [0.05, 0.1) is 6.54 Å². The number of hydrogen-bond acceptors (Lipinski definition) is 3. The molecule has 0 aliphatic rings. The number of rotatable bonds is 5. The molecule has 1 rings (SSSR count). The molecule has 1 heterocycles. The molecule has 1 atom stereocenters. The predicted molar refractivity (Wildman–Crippen MR) is 54.5 cm³/mol. The van der Waals surface area contributed by atoms with Gasteiger partial charge in [0.15, 0.2) is 0 Å². The van der Waals surface area contributed by atoms with E-state index in [9.17, 15) is 0 Å². The number of nitrogens with zero attached hydrogens (tertiary/aromatic N) is 1. The zero-order valence-corrected chi connectivity index (χ0v) is 8.29. The van der Waals surface area contributed by atoms with Gasteiger partial charge in [-0.05, 0) is 25.5 Å². The van der Waals surface area contributed by atoms with Crippen LogP contribution in [0.1, 0.15) is 24.9 Å². The van der Waals surface area contributed by atoms with E-state index in [-0.39, 0.29) is 0 Å². The van der Waals surface area contributed by atoms with Crippen LogP contribution in [0.4, 0.5) is 0 Å². The van der Waals surface area contributed by atoms with E-state index >= 15 is 0 Å². The van der Waals surface area contributed by atoms with Crippen molar-refractivity contribution in [2.45, 2.75) is 25.9 Å². The highest BCUT2D eigenvalue weighted by Crippen LogP contribution is 2.06. The van der Waals surface area contributed by atoms with Crippen molar-refractivity contribution < 1.29 is 4.42 Å². The summed E-state index contributed by atoms with van der Waals surface area (Å²) in [5.41, 5.74) is 0.